The lowest BCUT2D eigenvalue weighted by atomic mass is 10.1. The second-order valence-corrected chi connectivity index (χ2v) is 4.99. The third-order valence-corrected chi connectivity index (χ3v) is 3.25. The summed E-state index contributed by atoms with van der Waals surface area (Å²) in [5.74, 6) is -1.34. The standard InChI is InChI=1S/C15H19N3O3/c1-2-3-7-13(15(20)21)16-14(19)10-18-9-11-6-4-5-8-12(11)17-18/h4-6,8-9,13H,2-3,7,10H2,1H3,(H,16,19)(H,20,21)/t13-/m0/s1. The molecule has 0 radical (unpaired) electrons. The fourth-order valence-electron chi connectivity index (χ4n) is 2.15. The van der Waals surface area contributed by atoms with Gasteiger partial charge in [-0.2, -0.15) is 5.10 Å². The largest absolute Gasteiger partial charge is 0.480 e. The Morgan fingerprint density at radius 2 is 2.14 bits per heavy atom. The van der Waals surface area contributed by atoms with E-state index in [0.717, 1.165) is 23.7 Å². The van der Waals surface area contributed by atoms with Crippen LogP contribution in [0.15, 0.2) is 30.5 Å². The van der Waals surface area contributed by atoms with Gasteiger partial charge < -0.3 is 10.4 Å². The third kappa shape index (κ3) is 4.05. The van der Waals surface area contributed by atoms with Gasteiger partial charge in [0.15, 0.2) is 0 Å². The van der Waals surface area contributed by atoms with E-state index in [1.54, 1.807) is 6.20 Å². The van der Waals surface area contributed by atoms with Crippen LogP contribution >= 0.6 is 0 Å². The maximum absolute atomic E-state index is 11.9. The molecule has 6 heteroatoms. The Bertz CT molecular complexity index is 603. The summed E-state index contributed by atoms with van der Waals surface area (Å²) < 4.78 is 1.53. The second kappa shape index (κ2) is 6.88. The van der Waals surface area contributed by atoms with Gasteiger partial charge in [0, 0.05) is 11.6 Å². The molecular weight excluding hydrogens is 270 g/mol. The van der Waals surface area contributed by atoms with Crippen LogP contribution in [-0.4, -0.2) is 32.8 Å². The number of aromatic nitrogens is 2. The van der Waals surface area contributed by atoms with Crippen LogP contribution in [0.1, 0.15) is 26.2 Å². The molecule has 21 heavy (non-hydrogen) atoms. The number of carbonyl (C=O) groups is 2. The Kier molecular flexibility index (Phi) is 4.92. The molecule has 0 spiro atoms. The first-order valence-corrected chi connectivity index (χ1v) is 7.04. The zero-order valence-electron chi connectivity index (χ0n) is 12.0. The molecule has 2 rings (SSSR count). The van der Waals surface area contributed by atoms with Crippen molar-refractivity contribution in [2.24, 2.45) is 0 Å². The molecule has 6 nitrogen and oxygen atoms in total. The molecule has 2 aromatic rings. The predicted octanol–water partition coefficient (Wildman–Crippen LogP) is 1.80. The number of nitrogens with one attached hydrogen (secondary N) is 1. The monoisotopic (exact) mass is 289 g/mol. The highest BCUT2D eigenvalue weighted by molar-refractivity contribution is 5.84. The number of hydrogen-bond acceptors (Lipinski definition) is 3. The van der Waals surface area contributed by atoms with Crippen molar-refractivity contribution in [3.05, 3.63) is 30.5 Å². The van der Waals surface area contributed by atoms with E-state index < -0.39 is 12.0 Å². The maximum Gasteiger partial charge on any atom is 0.326 e. The number of aliphatic carboxylic acids is 1. The summed E-state index contributed by atoms with van der Waals surface area (Å²) in [5, 5.41) is 16.9. The van der Waals surface area contributed by atoms with E-state index in [1.165, 1.54) is 4.68 Å². The average molecular weight is 289 g/mol. The number of benzene rings is 1. The van der Waals surface area contributed by atoms with Crippen molar-refractivity contribution in [2.75, 3.05) is 0 Å². The van der Waals surface area contributed by atoms with E-state index in [2.05, 4.69) is 10.4 Å². The third-order valence-electron chi connectivity index (χ3n) is 3.25. The quantitative estimate of drug-likeness (QED) is 0.814. The summed E-state index contributed by atoms with van der Waals surface area (Å²) in [7, 11) is 0. The Balaban J connectivity index is 1.98. The number of fused-ring (bicyclic) bond motifs is 1. The molecule has 1 heterocycles. The van der Waals surface area contributed by atoms with Gasteiger partial charge in [0.2, 0.25) is 5.91 Å². The molecule has 0 bridgehead atoms. The molecule has 1 atom stereocenters. The van der Waals surface area contributed by atoms with Crippen LogP contribution in [0.25, 0.3) is 10.9 Å². The number of rotatable bonds is 7. The summed E-state index contributed by atoms with van der Waals surface area (Å²) in [6, 6.07) is 6.73. The highest BCUT2D eigenvalue weighted by Gasteiger charge is 2.19. The van der Waals surface area contributed by atoms with Crippen molar-refractivity contribution >= 4 is 22.8 Å². The van der Waals surface area contributed by atoms with Gasteiger partial charge in [-0.25, -0.2) is 4.79 Å². The highest BCUT2D eigenvalue weighted by Crippen LogP contribution is 2.10. The Labute approximate surface area is 122 Å². The van der Waals surface area contributed by atoms with Crippen LogP contribution in [0.2, 0.25) is 0 Å². The summed E-state index contributed by atoms with van der Waals surface area (Å²) in [6.07, 6.45) is 3.88. The molecule has 1 aromatic carbocycles. The van der Waals surface area contributed by atoms with Gasteiger partial charge in [0.1, 0.15) is 12.6 Å². The minimum absolute atomic E-state index is 0.0184. The Morgan fingerprint density at radius 3 is 2.81 bits per heavy atom. The smallest absolute Gasteiger partial charge is 0.326 e. The molecule has 1 amide bonds. The summed E-state index contributed by atoms with van der Waals surface area (Å²) >= 11 is 0. The minimum atomic E-state index is -0.998. The average Bonchev–Trinajstić information content (AvgIpc) is 2.85. The van der Waals surface area contributed by atoms with Gasteiger partial charge in [-0.05, 0) is 12.5 Å². The lowest BCUT2D eigenvalue weighted by Gasteiger charge is -2.13. The van der Waals surface area contributed by atoms with Crippen molar-refractivity contribution in [3.63, 3.8) is 0 Å². The predicted molar refractivity (Wildman–Crippen MR) is 78.8 cm³/mol. The van der Waals surface area contributed by atoms with Gasteiger partial charge in [0.25, 0.3) is 0 Å². The van der Waals surface area contributed by atoms with Crippen LogP contribution in [0, 0.1) is 0 Å². The molecule has 1 aromatic heterocycles. The van der Waals surface area contributed by atoms with Crippen LogP contribution in [-0.2, 0) is 16.1 Å². The van der Waals surface area contributed by atoms with Crippen molar-refractivity contribution < 1.29 is 14.7 Å². The zero-order valence-corrected chi connectivity index (χ0v) is 12.0. The lowest BCUT2D eigenvalue weighted by Crippen LogP contribution is -2.42. The first-order chi connectivity index (χ1) is 10.1. The molecule has 112 valence electrons. The molecule has 0 saturated carbocycles. The molecule has 0 unspecified atom stereocenters. The van der Waals surface area contributed by atoms with Crippen LogP contribution in [0.5, 0.6) is 0 Å². The van der Waals surface area contributed by atoms with Crippen molar-refractivity contribution in [3.8, 4) is 0 Å². The van der Waals surface area contributed by atoms with E-state index in [9.17, 15) is 9.59 Å². The van der Waals surface area contributed by atoms with Crippen LogP contribution < -0.4 is 5.32 Å². The number of carbonyl (C=O) groups excluding carboxylic acids is 1. The van der Waals surface area contributed by atoms with Gasteiger partial charge in [-0.15, -0.1) is 0 Å². The van der Waals surface area contributed by atoms with Crippen molar-refractivity contribution in [1.82, 2.24) is 15.1 Å². The van der Waals surface area contributed by atoms with E-state index >= 15 is 0 Å². The van der Waals surface area contributed by atoms with Gasteiger partial charge >= 0.3 is 5.97 Å². The minimum Gasteiger partial charge on any atom is -0.480 e. The molecule has 0 aliphatic carbocycles. The molecular formula is C15H19N3O3. The number of nitrogens with zero attached hydrogens (tertiary/aromatic N) is 2. The first kappa shape index (κ1) is 15.0. The van der Waals surface area contributed by atoms with E-state index in [-0.39, 0.29) is 12.5 Å². The molecule has 0 saturated heterocycles. The SMILES string of the molecule is CCCC[C@H](NC(=O)Cn1cc2ccccc2n1)C(=O)O. The van der Waals surface area contributed by atoms with Gasteiger partial charge in [-0.1, -0.05) is 38.0 Å². The second-order valence-electron chi connectivity index (χ2n) is 4.99. The Hall–Kier alpha value is -2.37. The van der Waals surface area contributed by atoms with Crippen LogP contribution in [0.4, 0.5) is 0 Å². The fraction of sp³-hybridized carbons (Fsp3) is 0.400. The normalized spacial score (nSPS) is 12.2. The van der Waals surface area contributed by atoms with Gasteiger partial charge in [0.05, 0.1) is 5.52 Å². The maximum atomic E-state index is 11.9. The zero-order chi connectivity index (χ0) is 15.2. The fourth-order valence-corrected chi connectivity index (χ4v) is 2.15. The lowest BCUT2D eigenvalue weighted by molar-refractivity contribution is -0.142. The molecule has 0 fully saturated rings. The van der Waals surface area contributed by atoms with E-state index in [0.29, 0.717) is 6.42 Å². The molecule has 0 aliphatic heterocycles. The van der Waals surface area contributed by atoms with Gasteiger partial charge in [-0.3, -0.25) is 9.48 Å². The van der Waals surface area contributed by atoms with E-state index in [1.807, 2.05) is 31.2 Å². The number of unbranched alkanes of at least 4 members (excludes halogenated alkanes) is 1. The first-order valence-electron chi connectivity index (χ1n) is 7.04. The van der Waals surface area contributed by atoms with E-state index in [4.69, 9.17) is 5.11 Å². The number of hydrogen-bond donors (Lipinski definition) is 2. The van der Waals surface area contributed by atoms with Crippen molar-refractivity contribution in [1.29, 1.82) is 0 Å². The number of carboxylic acid groups (broad SMARTS) is 1. The summed E-state index contributed by atoms with van der Waals surface area (Å²) in [5.41, 5.74) is 0.811. The van der Waals surface area contributed by atoms with Crippen molar-refractivity contribution in [2.45, 2.75) is 38.8 Å². The molecule has 2 N–H and O–H groups in total. The molecule has 0 aliphatic rings. The summed E-state index contributed by atoms with van der Waals surface area (Å²) in [6.45, 7) is 2.00. The highest BCUT2D eigenvalue weighted by atomic mass is 16.4. The summed E-state index contributed by atoms with van der Waals surface area (Å²) in [4.78, 5) is 23.0. The number of amides is 1. The number of carboxylic acids is 1. The topological polar surface area (TPSA) is 84.2 Å². The van der Waals surface area contributed by atoms with Crippen LogP contribution in [0.3, 0.4) is 0 Å². The Morgan fingerprint density at radius 1 is 1.38 bits per heavy atom.